The van der Waals surface area contributed by atoms with E-state index in [9.17, 15) is 0 Å². The van der Waals surface area contributed by atoms with Crippen molar-refractivity contribution in [2.75, 3.05) is 13.2 Å². The van der Waals surface area contributed by atoms with Gasteiger partial charge in [-0.05, 0) is 12.8 Å². The highest BCUT2D eigenvalue weighted by Crippen LogP contribution is 2.20. The molecule has 12 heavy (non-hydrogen) atoms. The van der Waals surface area contributed by atoms with E-state index in [0.717, 1.165) is 13.0 Å². The molecule has 1 heterocycles. The summed E-state index contributed by atoms with van der Waals surface area (Å²) in [6, 6.07) is 0. The van der Waals surface area contributed by atoms with E-state index >= 15 is 0 Å². The molecule has 1 saturated heterocycles. The van der Waals surface area contributed by atoms with Gasteiger partial charge in [0.1, 0.15) is 0 Å². The lowest BCUT2D eigenvalue weighted by Gasteiger charge is -2.28. The predicted molar refractivity (Wildman–Crippen MR) is 47.5 cm³/mol. The van der Waals surface area contributed by atoms with Crippen molar-refractivity contribution in [3.05, 3.63) is 0 Å². The maximum atomic E-state index is 5.47. The quantitative estimate of drug-likeness (QED) is 0.472. The van der Waals surface area contributed by atoms with Crippen molar-refractivity contribution in [3.8, 4) is 12.3 Å². The second-order valence-corrected chi connectivity index (χ2v) is 3.18. The third-order valence-corrected chi connectivity index (χ3v) is 2.08. The highest BCUT2D eigenvalue weighted by atomic mass is 16.7. The van der Waals surface area contributed by atoms with Crippen molar-refractivity contribution >= 4 is 0 Å². The third kappa shape index (κ3) is 2.84. The summed E-state index contributed by atoms with van der Waals surface area (Å²) in [5, 5.41) is 0. The molecule has 1 aliphatic heterocycles. The molecule has 0 spiro atoms. The zero-order valence-corrected chi connectivity index (χ0v) is 7.58. The van der Waals surface area contributed by atoms with E-state index in [1.54, 1.807) is 0 Å². The van der Waals surface area contributed by atoms with Gasteiger partial charge in [-0.25, -0.2) is 0 Å². The van der Waals surface area contributed by atoms with Gasteiger partial charge in [0, 0.05) is 18.9 Å². The molecule has 0 bridgehead atoms. The first-order chi connectivity index (χ1) is 5.84. The van der Waals surface area contributed by atoms with Crippen LogP contribution in [-0.2, 0) is 9.47 Å². The lowest BCUT2D eigenvalue weighted by molar-refractivity contribution is -0.187. The Balaban J connectivity index is 2.16. The minimum absolute atomic E-state index is 0.0212. The molecular formula is C10H16O2. The second-order valence-electron chi connectivity index (χ2n) is 3.18. The molecule has 0 amide bonds. The number of ether oxygens (including phenoxy) is 2. The molecule has 0 saturated carbocycles. The molecule has 2 atom stereocenters. The van der Waals surface area contributed by atoms with Crippen LogP contribution in [0, 0.1) is 18.3 Å². The van der Waals surface area contributed by atoms with Crippen molar-refractivity contribution in [1.82, 2.24) is 0 Å². The molecule has 0 aliphatic carbocycles. The van der Waals surface area contributed by atoms with Gasteiger partial charge in [-0.2, -0.15) is 0 Å². The molecule has 1 fully saturated rings. The fourth-order valence-corrected chi connectivity index (χ4v) is 1.35. The van der Waals surface area contributed by atoms with E-state index in [0.29, 0.717) is 18.9 Å². The Hall–Kier alpha value is -0.520. The molecule has 2 nitrogen and oxygen atoms in total. The van der Waals surface area contributed by atoms with Crippen LogP contribution in [0.1, 0.15) is 26.2 Å². The third-order valence-electron chi connectivity index (χ3n) is 2.08. The largest absolute Gasteiger partial charge is 0.352 e. The van der Waals surface area contributed by atoms with E-state index in [4.69, 9.17) is 15.9 Å². The van der Waals surface area contributed by atoms with Crippen molar-refractivity contribution in [2.24, 2.45) is 5.92 Å². The summed E-state index contributed by atoms with van der Waals surface area (Å²) < 4.78 is 10.9. The van der Waals surface area contributed by atoms with Crippen molar-refractivity contribution < 1.29 is 9.47 Å². The average Bonchev–Trinajstić information content (AvgIpc) is 2.09. The van der Waals surface area contributed by atoms with Crippen LogP contribution < -0.4 is 0 Å². The minimum Gasteiger partial charge on any atom is -0.352 e. The summed E-state index contributed by atoms with van der Waals surface area (Å²) in [5.41, 5.74) is 0. The number of rotatable bonds is 3. The average molecular weight is 168 g/mol. The zero-order chi connectivity index (χ0) is 8.81. The first-order valence-corrected chi connectivity index (χ1v) is 4.51. The fraction of sp³-hybridized carbons (Fsp3) is 0.800. The van der Waals surface area contributed by atoms with Crippen molar-refractivity contribution in [2.45, 2.75) is 32.5 Å². The first-order valence-electron chi connectivity index (χ1n) is 4.51. The summed E-state index contributed by atoms with van der Waals surface area (Å²) in [6.45, 7) is 3.59. The summed E-state index contributed by atoms with van der Waals surface area (Å²) in [5.74, 6) is 3.05. The molecule has 68 valence electrons. The first kappa shape index (κ1) is 9.57. The molecule has 1 aliphatic rings. The van der Waals surface area contributed by atoms with Gasteiger partial charge in [0.2, 0.25) is 0 Å². The smallest absolute Gasteiger partial charge is 0.160 e. The van der Waals surface area contributed by atoms with Gasteiger partial charge in [0.15, 0.2) is 6.29 Å². The Kier molecular flexibility index (Phi) is 4.13. The molecular weight excluding hydrogens is 152 g/mol. The molecule has 0 N–H and O–H groups in total. The fourth-order valence-electron chi connectivity index (χ4n) is 1.35. The van der Waals surface area contributed by atoms with Crippen LogP contribution in [0.3, 0.4) is 0 Å². The Morgan fingerprint density at radius 1 is 1.67 bits per heavy atom. The standard InChI is InChI=1S/C10H16O2/c1-3-4-7-11-10-9(2)6-5-8-12-10/h1,9-10H,4-8H2,2H3/t9-,10-/m1/s1. The van der Waals surface area contributed by atoms with Crippen LogP contribution in [0.15, 0.2) is 0 Å². The van der Waals surface area contributed by atoms with Gasteiger partial charge in [0.25, 0.3) is 0 Å². The van der Waals surface area contributed by atoms with Gasteiger partial charge >= 0.3 is 0 Å². The Labute approximate surface area is 74.2 Å². The van der Waals surface area contributed by atoms with Crippen LogP contribution in [0.25, 0.3) is 0 Å². The van der Waals surface area contributed by atoms with Gasteiger partial charge in [-0.1, -0.05) is 6.92 Å². The normalized spacial score (nSPS) is 29.7. The van der Waals surface area contributed by atoms with Crippen LogP contribution >= 0.6 is 0 Å². The van der Waals surface area contributed by atoms with Crippen LogP contribution in [0.5, 0.6) is 0 Å². The summed E-state index contributed by atoms with van der Waals surface area (Å²) in [7, 11) is 0. The van der Waals surface area contributed by atoms with Crippen molar-refractivity contribution in [1.29, 1.82) is 0 Å². The molecule has 2 heteroatoms. The predicted octanol–water partition coefficient (Wildman–Crippen LogP) is 1.80. The number of hydrogen-bond acceptors (Lipinski definition) is 2. The highest BCUT2D eigenvalue weighted by Gasteiger charge is 2.21. The monoisotopic (exact) mass is 168 g/mol. The molecule has 0 aromatic carbocycles. The number of terminal acetylenes is 1. The van der Waals surface area contributed by atoms with E-state index in [1.165, 1.54) is 6.42 Å². The SMILES string of the molecule is C#CCCO[C@@H]1OCCC[C@H]1C. The molecule has 1 rings (SSSR count). The highest BCUT2D eigenvalue weighted by molar-refractivity contribution is 4.83. The summed E-state index contributed by atoms with van der Waals surface area (Å²) in [4.78, 5) is 0. The summed E-state index contributed by atoms with van der Waals surface area (Å²) in [6.07, 6.45) is 8.10. The number of hydrogen-bond donors (Lipinski definition) is 0. The minimum atomic E-state index is -0.0212. The van der Waals surface area contributed by atoms with E-state index < -0.39 is 0 Å². The Morgan fingerprint density at radius 3 is 3.17 bits per heavy atom. The molecule has 0 aromatic heterocycles. The van der Waals surface area contributed by atoms with E-state index in [1.807, 2.05) is 0 Å². The van der Waals surface area contributed by atoms with Gasteiger partial charge in [0.05, 0.1) is 6.61 Å². The van der Waals surface area contributed by atoms with E-state index in [2.05, 4.69) is 12.8 Å². The van der Waals surface area contributed by atoms with Gasteiger partial charge < -0.3 is 9.47 Å². The molecule has 0 radical (unpaired) electrons. The lowest BCUT2D eigenvalue weighted by atomic mass is 10.0. The topological polar surface area (TPSA) is 18.5 Å². The molecule has 0 aromatic rings. The van der Waals surface area contributed by atoms with Gasteiger partial charge in [-0.3, -0.25) is 0 Å². The zero-order valence-electron chi connectivity index (χ0n) is 7.58. The van der Waals surface area contributed by atoms with Crippen LogP contribution in [0.4, 0.5) is 0 Å². The van der Waals surface area contributed by atoms with E-state index in [-0.39, 0.29) is 6.29 Å². The summed E-state index contributed by atoms with van der Waals surface area (Å²) >= 11 is 0. The Morgan fingerprint density at radius 2 is 2.50 bits per heavy atom. The second kappa shape index (κ2) is 5.18. The lowest BCUT2D eigenvalue weighted by Crippen LogP contribution is -2.30. The van der Waals surface area contributed by atoms with Crippen LogP contribution in [0.2, 0.25) is 0 Å². The maximum Gasteiger partial charge on any atom is 0.160 e. The maximum absolute atomic E-state index is 5.47. The van der Waals surface area contributed by atoms with Crippen LogP contribution in [-0.4, -0.2) is 19.5 Å². The van der Waals surface area contributed by atoms with Crippen molar-refractivity contribution in [3.63, 3.8) is 0 Å². The molecule has 0 unspecified atom stereocenters. The Bertz CT molecular complexity index is 160. The van der Waals surface area contributed by atoms with Gasteiger partial charge in [-0.15, -0.1) is 12.3 Å².